The Balaban J connectivity index is 1.74. The molecular formula is C19H19FN2O2S. The number of amides is 1. The zero-order valence-electron chi connectivity index (χ0n) is 13.8. The van der Waals surface area contributed by atoms with Gasteiger partial charge in [-0.15, -0.1) is 0 Å². The average molecular weight is 358 g/mol. The highest BCUT2D eigenvalue weighted by atomic mass is 32.2. The molecule has 0 bridgehead atoms. The number of carbonyl (C=O) groups excluding carboxylic acids is 2. The number of allylic oxidation sites excluding steroid dienone is 1. The first-order valence-electron chi connectivity index (χ1n) is 8.49. The molecule has 3 rings (SSSR count). The number of thioether (sulfide) groups is 1. The first kappa shape index (κ1) is 17.7. The minimum atomic E-state index is -0.414. The molecule has 1 amide bonds. The quantitative estimate of drug-likeness (QED) is 0.661. The van der Waals surface area contributed by atoms with Gasteiger partial charge in [0.15, 0.2) is 5.78 Å². The molecule has 1 saturated heterocycles. The summed E-state index contributed by atoms with van der Waals surface area (Å²) in [6.07, 6.45) is 5.21. The summed E-state index contributed by atoms with van der Waals surface area (Å²) in [6, 6.07) is 8.00. The van der Waals surface area contributed by atoms with Crippen LogP contribution in [0.1, 0.15) is 37.7 Å². The molecule has 6 heteroatoms. The summed E-state index contributed by atoms with van der Waals surface area (Å²) in [5.41, 5.74) is 0.916. The van der Waals surface area contributed by atoms with Crippen LogP contribution < -0.4 is 5.32 Å². The van der Waals surface area contributed by atoms with E-state index in [-0.39, 0.29) is 29.0 Å². The molecule has 1 saturated carbocycles. The Kier molecular flexibility index (Phi) is 5.54. The smallest absolute Gasteiger partial charge is 0.238 e. The van der Waals surface area contributed by atoms with Gasteiger partial charge in [-0.2, -0.15) is 5.26 Å². The van der Waals surface area contributed by atoms with Gasteiger partial charge in [-0.25, -0.2) is 4.39 Å². The predicted octanol–water partition coefficient (Wildman–Crippen LogP) is 3.48. The van der Waals surface area contributed by atoms with Gasteiger partial charge in [-0.3, -0.25) is 9.59 Å². The van der Waals surface area contributed by atoms with Gasteiger partial charge in [0.25, 0.3) is 0 Å². The van der Waals surface area contributed by atoms with Crippen molar-refractivity contribution in [1.29, 1.82) is 5.26 Å². The van der Waals surface area contributed by atoms with Gasteiger partial charge in [0.2, 0.25) is 5.91 Å². The van der Waals surface area contributed by atoms with Gasteiger partial charge in [0.05, 0.1) is 10.3 Å². The molecule has 1 aliphatic carbocycles. The van der Waals surface area contributed by atoms with E-state index in [1.807, 2.05) is 6.07 Å². The Labute approximate surface area is 150 Å². The second-order valence-electron chi connectivity index (χ2n) is 6.44. The van der Waals surface area contributed by atoms with Crippen molar-refractivity contribution in [3.63, 3.8) is 0 Å². The minimum Gasteiger partial charge on any atom is -0.318 e. The van der Waals surface area contributed by atoms with E-state index in [9.17, 15) is 19.2 Å². The Morgan fingerprint density at radius 1 is 1.24 bits per heavy atom. The van der Waals surface area contributed by atoms with Gasteiger partial charge < -0.3 is 5.32 Å². The molecule has 1 atom stereocenters. The number of nitrogens with zero attached hydrogens (tertiary/aromatic N) is 1. The van der Waals surface area contributed by atoms with Crippen LogP contribution >= 0.6 is 11.8 Å². The van der Waals surface area contributed by atoms with Crippen LogP contribution in [0.3, 0.4) is 0 Å². The summed E-state index contributed by atoms with van der Waals surface area (Å²) in [7, 11) is 0. The topological polar surface area (TPSA) is 70.0 Å². The third kappa shape index (κ3) is 4.10. The average Bonchev–Trinajstić information content (AvgIpc) is 2.98. The Bertz CT molecular complexity index is 746. The number of ketones is 1. The summed E-state index contributed by atoms with van der Waals surface area (Å²) in [6.45, 7) is 0. The SMILES string of the molecule is N#C/C(C(=O)C1CCCCC1)=C1/NC(=O)C(Cc2ccc(F)cc2)S1. The molecule has 0 spiro atoms. The Morgan fingerprint density at radius 3 is 2.56 bits per heavy atom. The third-order valence-electron chi connectivity index (χ3n) is 4.68. The van der Waals surface area contributed by atoms with Crippen LogP contribution in [0.25, 0.3) is 0 Å². The number of Topliss-reactive ketones (excluding diaryl/α,β-unsaturated/α-hetero) is 1. The first-order chi connectivity index (χ1) is 12.1. The van der Waals surface area contributed by atoms with Crippen LogP contribution in [0.5, 0.6) is 0 Å². The zero-order valence-corrected chi connectivity index (χ0v) is 14.6. The monoisotopic (exact) mass is 358 g/mol. The van der Waals surface area contributed by atoms with Crippen LogP contribution in [-0.2, 0) is 16.0 Å². The third-order valence-corrected chi connectivity index (χ3v) is 5.89. The van der Waals surface area contributed by atoms with Crippen molar-refractivity contribution in [3.8, 4) is 6.07 Å². The molecule has 1 aromatic rings. The molecular weight excluding hydrogens is 339 g/mol. The molecule has 0 aromatic heterocycles. The van der Waals surface area contributed by atoms with Crippen molar-refractivity contribution in [2.75, 3.05) is 0 Å². The first-order valence-corrected chi connectivity index (χ1v) is 9.37. The van der Waals surface area contributed by atoms with Gasteiger partial charge in [-0.05, 0) is 37.0 Å². The second-order valence-corrected chi connectivity index (χ2v) is 7.65. The highest BCUT2D eigenvalue weighted by molar-refractivity contribution is 8.04. The van der Waals surface area contributed by atoms with Gasteiger partial charge in [-0.1, -0.05) is 43.2 Å². The standard InChI is InChI=1S/C19H19FN2O2S/c20-14-8-6-12(7-9-14)10-16-18(24)22-19(25-16)15(11-21)17(23)13-4-2-1-3-5-13/h6-9,13,16H,1-5,10H2,(H,22,24)/b19-15+. The fraction of sp³-hybridized carbons (Fsp3) is 0.421. The summed E-state index contributed by atoms with van der Waals surface area (Å²) < 4.78 is 13.0. The van der Waals surface area contributed by atoms with Crippen molar-refractivity contribution in [1.82, 2.24) is 5.32 Å². The van der Waals surface area contributed by atoms with E-state index in [2.05, 4.69) is 5.32 Å². The number of benzene rings is 1. The lowest BCUT2D eigenvalue weighted by molar-refractivity contribution is -0.119. The van der Waals surface area contributed by atoms with Gasteiger partial charge in [0, 0.05) is 5.92 Å². The number of nitriles is 1. The maximum atomic E-state index is 13.0. The lowest BCUT2D eigenvalue weighted by Gasteiger charge is -2.20. The predicted molar refractivity (Wildman–Crippen MR) is 93.8 cm³/mol. The van der Waals surface area contributed by atoms with Crippen molar-refractivity contribution in [2.45, 2.75) is 43.8 Å². The molecule has 130 valence electrons. The molecule has 1 heterocycles. The van der Waals surface area contributed by atoms with E-state index in [0.717, 1.165) is 37.7 Å². The Hall–Kier alpha value is -2.13. The van der Waals surface area contributed by atoms with Crippen LogP contribution in [0.4, 0.5) is 4.39 Å². The molecule has 1 unspecified atom stereocenters. The van der Waals surface area contributed by atoms with Crippen LogP contribution in [0.2, 0.25) is 0 Å². The number of hydrogen-bond donors (Lipinski definition) is 1. The summed E-state index contributed by atoms with van der Waals surface area (Å²) in [5, 5.41) is 12.1. The normalized spacial score (nSPS) is 23.0. The summed E-state index contributed by atoms with van der Waals surface area (Å²) in [5.74, 6) is -0.789. The minimum absolute atomic E-state index is 0.0758. The van der Waals surface area contributed by atoms with Crippen molar-refractivity contribution >= 4 is 23.5 Å². The molecule has 1 aromatic carbocycles. The maximum absolute atomic E-state index is 13.0. The fourth-order valence-electron chi connectivity index (χ4n) is 3.29. The Morgan fingerprint density at radius 2 is 1.92 bits per heavy atom. The van der Waals surface area contributed by atoms with Gasteiger partial charge >= 0.3 is 0 Å². The van der Waals surface area contributed by atoms with E-state index in [4.69, 9.17) is 0 Å². The second kappa shape index (κ2) is 7.83. The molecule has 2 fully saturated rings. The van der Waals surface area contributed by atoms with E-state index >= 15 is 0 Å². The largest absolute Gasteiger partial charge is 0.318 e. The maximum Gasteiger partial charge on any atom is 0.238 e. The summed E-state index contributed by atoms with van der Waals surface area (Å²) in [4.78, 5) is 24.9. The fourth-order valence-corrected chi connectivity index (χ4v) is 4.44. The molecule has 1 N–H and O–H groups in total. The highest BCUT2D eigenvalue weighted by Gasteiger charge is 2.34. The van der Waals surface area contributed by atoms with Crippen molar-refractivity contribution < 1.29 is 14.0 Å². The number of carbonyl (C=O) groups is 2. The lowest BCUT2D eigenvalue weighted by atomic mass is 9.84. The van der Waals surface area contributed by atoms with Crippen molar-refractivity contribution in [3.05, 3.63) is 46.2 Å². The number of hydrogen-bond acceptors (Lipinski definition) is 4. The van der Waals surface area contributed by atoms with E-state index in [0.29, 0.717) is 11.4 Å². The van der Waals surface area contributed by atoms with Gasteiger partial charge in [0.1, 0.15) is 17.5 Å². The van der Waals surface area contributed by atoms with Crippen LogP contribution in [0, 0.1) is 23.1 Å². The van der Waals surface area contributed by atoms with E-state index < -0.39 is 5.25 Å². The molecule has 4 nitrogen and oxygen atoms in total. The number of rotatable bonds is 4. The number of nitrogens with one attached hydrogen (secondary N) is 1. The molecule has 1 aliphatic heterocycles. The van der Waals surface area contributed by atoms with E-state index in [1.54, 1.807) is 12.1 Å². The molecule has 25 heavy (non-hydrogen) atoms. The summed E-state index contributed by atoms with van der Waals surface area (Å²) >= 11 is 1.22. The van der Waals surface area contributed by atoms with E-state index in [1.165, 1.54) is 23.9 Å². The molecule has 2 aliphatic rings. The lowest BCUT2D eigenvalue weighted by Crippen LogP contribution is -2.25. The number of halogens is 1. The van der Waals surface area contributed by atoms with Crippen LogP contribution in [-0.4, -0.2) is 16.9 Å². The highest BCUT2D eigenvalue weighted by Crippen LogP contribution is 2.34. The zero-order chi connectivity index (χ0) is 17.8. The van der Waals surface area contributed by atoms with Crippen molar-refractivity contribution in [2.24, 2.45) is 5.92 Å². The molecule has 0 radical (unpaired) electrons. The van der Waals surface area contributed by atoms with Crippen LogP contribution in [0.15, 0.2) is 34.9 Å².